The van der Waals surface area contributed by atoms with E-state index in [-0.39, 0.29) is 12.3 Å². The second-order valence-electron chi connectivity index (χ2n) is 4.73. The maximum Gasteiger partial charge on any atom is 0.250 e. The molecule has 2 aromatic carbocycles. The van der Waals surface area contributed by atoms with E-state index < -0.39 is 0 Å². The van der Waals surface area contributed by atoms with Gasteiger partial charge >= 0.3 is 0 Å². The van der Waals surface area contributed by atoms with Gasteiger partial charge < -0.3 is 0 Å². The first-order valence-corrected chi connectivity index (χ1v) is 6.43. The molecule has 3 rings (SSSR count). The maximum atomic E-state index is 11.5. The molecule has 0 saturated heterocycles. The topological polar surface area (TPSA) is 40.5 Å². The Kier molecular flexibility index (Phi) is 2.84. The van der Waals surface area contributed by atoms with E-state index in [1.165, 1.54) is 16.7 Å². The van der Waals surface area contributed by atoms with Crippen molar-refractivity contribution in [2.75, 3.05) is 5.06 Å². The Balaban J connectivity index is 2.00. The number of hydrogen-bond acceptors (Lipinski definition) is 2. The summed E-state index contributed by atoms with van der Waals surface area (Å²) < 4.78 is 0. The highest BCUT2D eigenvalue weighted by Crippen LogP contribution is 2.38. The molecule has 96 valence electrons. The number of carbonyl (C=O) groups excluding carboxylic acids is 1. The lowest BCUT2D eigenvalue weighted by Crippen LogP contribution is -2.25. The van der Waals surface area contributed by atoms with Crippen molar-refractivity contribution in [3.63, 3.8) is 0 Å². The molecular weight excluding hydrogens is 238 g/mol. The van der Waals surface area contributed by atoms with Crippen molar-refractivity contribution < 1.29 is 10.0 Å². The summed E-state index contributed by atoms with van der Waals surface area (Å²) in [6.07, 6.45) is 1.14. The van der Waals surface area contributed by atoms with Gasteiger partial charge in [-0.2, -0.15) is 5.06 Å². The lowest BCUT2D eigenvalue weighted by molar-refractivity contribution is -0.123. The summed E-state index contributed by atoms with van der Waals surface area (Å²) in [6.45, 7) is 1.73. The van der Waals surface area contributed by atoms with E-state index in [0.29, 0.717) is 5.69 Å². The molecule has 1 aliphatic rings. The number of hydroxylamine groups is 1. The third-order valence-electron chi connectivity index (χ3n) is 3.56. The third-order valence-corrected chi connectivity index (χ3v) is 3.56. The van der Waals surface area contributed by atoms with Gasteiger partial charge in [-0.3, -0.25) is 10.0 Å². The lowest BCUT2D eigenvalue weighted by atomic mass is 10.1. The number of nitrogens with zero attached hydrogens (tertiary/aromatic N) is 1. The molecule has 0 unspecified atom stereocenters. The van der Waals surface area contributed by atoms with Crippen LogP contribution in [0, 0.1) is 0 Å². The van der Waals surface area contributed by atoms with Crippen molar-refractivity contribution in [1.29, 1.82) is 0 Å². The summed E-state index contributed by atoms with van der Waals surface area (Å²) in [6, 6.07) is 13.9. The molecule has 3 heteroatoms. The molecule has 0 spiro atoms. The molecule has 19 heavy (non-hydrogen) atoms. The van der Waals surface area contributed by atoms with Gasteiger partial charge in [-0.15, -0.1) is 0 Å². The van der Waals surface area contributed by atoms with E-state index in [4.69, 9.17) is 0 Å². The van der Waals surface area contributed by atoms with Gasteiger partial charge in [0.1, 0.15) is 0 Å². The van der Waals surface area contributed by atoms with Crippen LogP contribution in [0.4, 0.5) is 5.69 Å². The highest BCUT2D eigenvalue weighted by atomic mass is 16.5. The fourth-order valence-corrected chi connectivity index (χ4v) is 2.56. The van der Waals surface area contributed by atoms with Crippen LogP contribution in [-0.4, -0.2) is 11.1 Å². The molecule has 0 atom stereocenters. The zero-order valence-corrected chi connectivity index (χ0v) is 10.8. The molecule has 0 bridgehead atoms. The number of benzene rings is 2. The second kappa shape index (κ2) is 4.52. The molecule has 2 aromatic rings. The predicted octanol–water partition coefficient (Wildman–Crippen LogP) is 3.39. The van der Waals surface area contributed by atoms with Gasteiger partial charge in [-0.25, -0.2) is 0 Å². The van der Waals surface area contributed by atoms with Crippen LogP contribution in [-0.2, 0) is 11.2 Å². The fraction of sp³-hybridized carbons (Fsp3) is 0.188. The average molecular weight is 253 g/mol. The Morgan fingerprint density at radius 2 is 1.89 bits per heavy atom. The van der Waals surface area contributed by atoms with Crippen molar-refractivity contribution >= 4 is 11.6 Å². The van der Waals surface area contributed by atoms with Crippen LogP contribution in [0.2, 0.25) is 0 Å². The van der Waals surface area contributed by atoms with Crippen LogP contribution in [0.25, 0.3) is 11.1 Å². The molecule has 0 heterocycles. The molecule has 1 amide bonds. The SMILES string of the molecule is CCC(=O)N(O)c1ccc2c(c1)Cc1ccccc1-2. The minimum absolute atomic E-state index is 0.286. The number of amides is 1. The van der Waals surface area contributed by atoms with E-state index in [1.54, 1.807) is 13.0 Å². The molecule has 1 aliphatic carbocycles. The number of fused-ring (bicyclic) bond motifs is 3. The van der Waals surface area contributed by atoms with E-state index in [0.717, 1.165) is 17.0 Å². The maximum absolute atomic E-state index is 11.5. The highest BCUT2D eigenvalue weighted by molar-refractivity contribution is 5.91. The van der Waals surface area contributed by atoms with Crippen molar-refractivity contribution in [3.8, 4) is 11.1 Å². The highest BCUT2D eigenvalue weighted by Gasteiger charge is 2.20. The third kappa shape index (κ3) is 1.92. The summed E-state index contributed by atoms with van der Waals surface area (Å²) in [5.41, 5.74) is 5.42. The van der Waals surface area contributed by atoms with E-state index in [9.17, 15) is 10.0 Å². The normalized spacial score (nSPS) is 11.9. The molecule has 0 fully saturated rings. The summed E-state index contributed by atoms with van der Waals surface area (Å²) in [5.74, 6) is -0.296. The monoisotopic (exact) mass is 253 g/mol. The quantitative estimate of drug-likeness (QED) is 0.561. The summed E-state index contributed by atoms with van der Waals surface area (Å²) in [7, 11) is 0. The fourth-order valence-electron chi connectivity index (χ4n) is 2.56. The molecule has 0 saturated carbocycles. The molecule has 0 radical (unpaired) electrons. The number of hydrogen-bond donors (Lipinski definition) is 1. The summed E-state index contributed by atoms with van der Waals surface area (Å²) in [5, 5.41) is 10.6. The Morgan fingerprint density at radius 3 is 2.68 bits per heavy atom. The van der Waals surface area contributed by atoms with Crippen molar-refractivity contribution in [1.82, 2.24) is 0 Å². The minimum Gasteiger partial charge on any atom is -0.281 e. The Bertz CT molecular complexity index is 649. The predicted molar refractivity (Wildman–Crippen MR) is 74.2 cm³/mol. The van der Waals surface area contributed by atoms with Crippen LogP contribution in [0.3, 0.4) is 0 Å². The minimum atomic E-state index is -0.296. The van der Waals surface area contributed by atoms with E-state index >= 15 is 0 Å². The summed E-state index contributed by atoms with van der Waals surface area (Å²) >= 11 is 0. The number of carbonyl (C=O) groups is 1. The zero-order valence-electron chi connectivity index (χ0n) is 10.8. The van der Waals surface area contributed by atoms with Crippen molar-refractivity contribution in [2.45, 2.75) is 19.8 Å². The van der Waals surface area contributed by atoms with Crippen LogP contribution in [0.5, 0.6) is 0 Å². The standard InChI is InChI=1S/C16H15NO2/c1-2-16(18)17(19)13-7-8-15-12(10-13)9-11-5-3-4-6-14(11)15/h3-8,10,19H,2,9H2,1H3. The van der Waals surface area contributed by atoms with Gasteiger partial charge in [-0.05, 0) is 40.8 Å². The van der Waals surface area contributed by atoms with Crippen LogP contribution >= 0.6 is 0 Å². The molecule has 0 aromatic heterocycles. The van der Waals surface area contributed by atoms with Gasteiger partial charge in [0.2, 0.25) is 5.91 Å². The molecule has 1 N–H and O–H groups in total. The lowest BCUT2D eigenvalue weighted by Gasteiger charge is -2.15. The van der Waals surface area contributed by atoms with Gasteiger partial charge in [0.15, 0.2) is 0 Å². The Hall–Kier alpha value is -2.13. The first-order chi connectivity index (χ1) is 9.20. The molecule has 0 aliphatic heterocycles. The first kappa shape index (κ1) is 11.9. The van der Waals surface area contributed by atoms with E-state index in [1.807, 2.05) is 24.3 Å². The smallest absolute Gasteiger partial charge is 0.250 e. The molecule has 3 nitrogen and oxygen atoms in total. The average Bonchev–Trinajstić information content (AvgIpc) is 2.83. The van der Waals surface area contributed by atoms with Crippen LogP contribution in [0.15, 0.2) is 42.5 Å². The Labute approximate surface area is 112 Å². The largest absolute Gasteiger partial charge is 0.281 e. The van der Waals surface area contributed by atoms with Crippen LogP contribution in [0.1, 0.15) is 24.5 Å². The summed E-state index contributed by atoms with van der Waals surface area (Å²) in [4.78, 5) is 11.5. The van der Waals surface area contributed by atoms with Gasteiger partial charge in [0, 0.05) is 6.42 Å². The van der Waals surface area contributed by atoms with Gasteiger partial charge in [-0.1, -0.05) is 37.3 Å². The van der Waals surface area contributed by atoms with Gasteiger partial charge in [0.05, 0.1) is 5.69 Å². The number of anilines is 1. The van der Waals surface area contributed by atoms with E-state index in [2.05, 4.69) is 12.1 Å². The first-order valence-electron chi connectivity index (χ1n) is 6.43. The van der Waals surface area contributed by atoms with Gasteiger partial charge in [0.25, 0.3) is 0 Å². The number of rotatable bonds is 2. The zero-order chi connectivity index (χ0) is 13.4. The van der Waals surface area contributed by atoms with Crippen molar-refractivity contribution in [2.24, 2.45) is 0 Å². The van der Waals surface area contributed by atoms with Crippen molar-refractivity contribution in [3.05, 3.63) is 53.6 Å². The second-order valence-corrected chi connectivity index (χ2v) is 4.73. The Morgan fingerprint density at radius 1 is 1.16 bits per heavy atom. The van der Waals surface area contributed by atoms with Crippen LogP contribution < -0.4 is 5.06 Å². The molecular formula is C16H15NO2.